The molecule has 1 aliphatic heterocycles. The van der Waals surface area contributed by atoms with Crippen molar-refractivity contribution in [1.82, 2.24) is 4.90 Å². The summed E-state index contributed by atoms with van der Waals surface area (Å²) in [6, 6.07) is 3.11. The van der Waals surface area contributed by atoms with Crippen LogP contribution in [0.1, 0.15) is 36.0 Å². The summed E-state index contributed by atoms with van der Waals surface area (Å²) in [5.74, 6) is 0.0212. The number of piperidine rings is 1. The van der Waals surface area contributed by atoms with Gasteiger partial charge < -0.3 is 29.3 Å². The summed E-state index contributed by atoms with van der Waals surface area (Å²) in [4.78, 5) is 26.8. The molecular weight excluding hydrogens is 366 g/mol. The predicted molar refractivity (Wildman–Crippen MR) is 100 cm³/mol. The van der Waals surface area contributed by atoms with E-state index in [1.165, 1.54) is 32.3 Å². The van der Waals surface area contributed by atoms with Gasteiger partial charge in [-0.1, -0.05) is 12.8 Å². The SMILES string of the molecule is COc1cc(OC)c(C(=O)N2CC[C@@H](O)[C@](CC3CC3)(C(=O)O)C2)cc1OC. The second kappa shape index (κ2) is 7.87. The Bertz CT molecular complexity index is 761. The zero-order chi connectivity index (χ0) is 20.5. The first-order chi connectivity index (χ1) is 13.4. The van der Waals surface area contributed by atoms with E-state index < -0.39 is 17.5 Å². The van der Waals surface area contributed by atoms with Gasteiger partial charge in [-0.2, -0.15) is 0 Å². The molecule has 1 aromatic rings. The number of ether oxygens (including phenoxy) is 3. The molecule has 0 radical (unpaired) electrons. The Kier molecular flexibility index (Phi) is 5.69. The molecule has 8 nitrogen and oxygen atoms in total. The molecule has 0 unspecified atom stereocenters. The molecular formula is C20H27NO7. The number of likely N-dealkylation sites (tertiary alicyclic amines) is 1. The second-order valence-electron chi connectivity index (χ2n) is 7.55. The largest absolute Gasteiger partial charge is 0.496 e. The Balaban J connectivity index is 1.92. The van der Waals surface area contributed by atoms with Gasteiger partial charge in [-0.15, -0.1) is 0 Å². The van der Waals surface area contributed by atoms with E-state index >= 15 is 0 Å². The highest BCUT2D eigenvalue weighted by Gasteiger charge is 2.52. The standard InChI is InChI=1S/C20H27NO7/c1-26-14-9-16(28-3)15(27-2)8-13(14)18(23)21-7-6-17(22)20(11-21,19(24)25)10-12-4-5-12/h8-9,12,17,22H,4-7,10-11H2,1-3H3,(H,24,25)/t17-,20-/m1/s1. The lowest BCUT2D eigenvalue weighted by Crippen LogP contribution is -2.57. The number of nitrogens with zero attached hydrogens (tertiary/aromatic N) is 1. The number of carboxylic acids is 1. The quantitative estimate of drug-likeness (QED) is 0.727. The molecule has 8 heteroatoms. The number of aliphatic hydroxyl groups is 1. The van der Waals surface area contributed by atoms with Crippen molar-refractivity contribution in [3.63, 3.8) is 0 Å². The summed E-state index contributed by atoms with van der Waals surface area (Å²) in [6.45, 7) is 0.244. The molecule has 0 spiro atoms. The van der Waals surface area contributed by atoms with Crippen LogP contribution in [-0.4, -0.2) is 67.5 Å². The van der Waals surface area contributed by atoms with Gasteiger partial charge in [-0.3, -0.25) is 9.59 Å². The van der Waals surface area contributed by atoms with Crippen LogP contribution in [0.2, 0.25) is 0 Å². The number of benzene rings is 1. The normalized spacial score (nSPS) is 24.6. The minimum Gasteiger partial charge on any atom is -0.496 e. The lowest BCUT2D eigenvalue weighted by molar-refractivity contribution is -0.163. The highest BCUT2D eigenvalue weighted by atomic mass is 16.5. The Hall–Kier alpha value is -2.48. The van der Waals surface area contributed by atoms with Crippen molar-refractivity contribution in [1.29, 1.82) is 0 Å². The molecule has 3 rings (SSSR count). The highest BCUT2D eigenvalue weighted by molar-refractivity contribution is 5.98. The van der Waals surface area contributed by atoms with Gasteiger partial charge in [0.05, 0.1) is 33.0 Å². The molecule has 1 aliphatic carbocycles. The average Bonchev–Trinajstić information content (AvgIpc) is 3.51. The fraction of sp³-hybridized carbons (Fsp3) is 0.600. The monoisotopic (exact) mass is 393 g/mol. The number of hydrogen-bond donors (Lipinski definition) is 2. The molecule has 1 aromatic carbocycles. The van der Waals surface area contributed by atoms with E-state index in [9.17, 15) is 19.8 Å². The number of carbonyl (C=O) groups is 2. The number of rotatable bonds is 7. The first-order valence-corrected chi connectivity index (χ1v) is 9.37. The lowest BCUT2D eigenvalue weighted by Gasteiger charge is -2.43. The Morgan fingerprint density at radius 2 is 1.68 bits per heavy atom. The number of hydrogen-bond acceptors (Lipinski definition) is 6. The van der Waals surface area contributed by atoms with E-state index in [0.717, 1.165) is 12.8 Å². The number of carbonyl (C=O) groups excluding carboxylic acids is 1. The number of carboxylic acid groups (broad SMARTS) is 1. The predicted octanol–water partition coefficient (Wildman–Crippen LogP) is 1.79. The fourth-order valence-corrected chi connectivity index (χ4v) is 3.95. The van der Waals surface area contributed by atoms with Gasteiger partial charge in [0.2, 0.25) is 0 Å². The van der Waals surface area contributed by atoms with E-state index in [2.05, 4.69) is 0 Å². The maximum Gasteiger partial charge on any atom is 0.314 e. The molecule has 1 amide bonds. The molecule has 2 N–H and O–H groups in total. The van der Waals surface area contributed by atoms with Crippen LogP contribution in [0, 0.1) is 11.3 Å². The molecule has 28 heavy (non-hydrogen) atoms. The minimum absolute atomic E-state index is 0.0314. The second-order valence-corrected chi connectivity index (χ2v) is 7.55. The third kappa shape index (κ3) is 3.61. The summed E-state index contributed by atoms with van der Waals surface area (Å²) >= 11 is 0. The van der Waals surface area contributed by atoms with Gasteiger partial charge in [0, 0.05) is 25.2 Å². The van der Waals surface area contributed by atoms with E-state index in [0.29, 0.717) is 29.6 Å². The number of aliphatic carboxylic acids is 1. The summed E-state index contributed by atoms with van der Waals surface area (Å²) in [5.41, 5.74) is -1.07. The van der Waals surface area contributed by atoms with Gasteiger partial charge in [-0.25, -0.2) is 0 Å². The molecule has 2 fully saturated rings. The van der Waals surface area contributed by atoms with Gasteiger partial charge >= 0.3 is 5.97 Å². The van der Waals surface area contributed by atoms with Crippen LogP contribution in [-0.2, 0) is 4.79 Å². The Labute approximate surface area is 164 Å². The first kappa shape index (κ1) is 20.3. The van der Waals surface area contributed by atoms with Crippen molar-refractivity contribution in [3.05, 3.63) is 17.7 Å². The van der Waals surface area contributed by atoms with Crippen molar-refractivity contribution in [2.45, 2.75) is 31.8 Å². The zero-order valence-electron chi connectivity index (χ0n) is 16.4. The summed E-state index contributed by atoms with van der Waals surface area (Å²) in [6.07, 6.45) is 1.58. The molecule has 0 bridgehead atoms. The molecule has 1 saturated carbocycles. The number of amides is 1. The molecule has 1 heterocycles. The van der Waals surface area contributed by atoms with Gasteiger partial charge in [-0.05, 0) is 18.8 Å². The van der Waals surface area contributed by atoms with Gasteiger partial charge in [0.25, 0.3) is 5.91 Å². The van der Waals surface area contributed by atoms with E-state index in [-0.39, 0.29) is 31.0 Å². The zero-order valence-corrected chi connectivity index (χ0v) is 16.4. The van der Waals surface area contributed by atoms with Crippen molar-refractivity contribution in [2.24, 2.45) is 11.3 Å². The number of aliphatic hydroxyl groups excluding tert-OH is 1. The molecule has 154 valence electrons. The minimum atomic E-state index is -1.33. The van der Waals surface area contributed by atoms with E-state index in [4.69, 9.17) is 14.2 Å². The smallest absolute Gasteiger partial charge is 0.314 e. The van der Waals surface area contributed by atoms with Crippen molar-refractivity contribution in [3.8, 4) is 17.2 Å². The van der Waals surface area contributed by atoms with Crippen molar-refractivity contribution < 1.29 is 34.0 Å². The van der Waals surface area contributed by atoms with Crippen LogP contribution < -0.4 is 14.2 Å². The number of methoxy groups -OCH3 is 3. The maximum absolute atomic E-state index is 13.2. The van der Waals surface area contributed by atoms with Crippen LogP contribution >= 0.6 is 0 Å². The summed E-state index contributed by atoms with van der Waals surface area (Å²) < 4.78 is 15.9. The third-order valence-corrected chi connectivity index (χ3v) is 5.78. The molecule has 2 atom stereocenters. The van der Waals surface area contributed by atoms with E-state index in [1.54, 1.807) is 6.07 Å². The van der Waals surface area contributed by atoms with Crippen LogP contribution in [0.5, 0.6) is 17.2 Å². The van der Waals surface area contributed by atoms with Crippen molar-refractivity contribution >= 4 is 11.9 Å². The average molecular weight is 393 g/mol. The summed E-state index contributed by atoms with van der Waals surface area (Å²) in [7, 11) is 4.41. The highest BCUT2D eigenvalue weighted by Crippen LogP contribution is 2.45. The molecule has 1 saturated heterocycles. The third-order valence-electron chi connectivity index (χ3n) is 5.78. The van der Waals surface area contributed by atoms with Crippen LogP contribution in [0.3, 0.4) is 0 Å². The van der Waals surface area contributed by atoms with Crippen LogP contribution in [0.4, 0.5) is 0 Å². The Morgan fingerprint density at radius 1 is 1.07 bits per heavy atom. The van der Waals surface area contributed by atoms with E-state index in [1.807, 2.05) is 0 Å². The lowest BCUT2D eigenvalue weighted by atomic mass is 9.73. The van der Waals surface area contributed by atoms with Crippen molar-refractivity contribution in [2.75, 3.05) is 34.4 Å². The van der Waals surface area contributed by atoms with Crippen LogP contribution in [0.15, 0.2) is 12.1 Å². The first-order valence-electron chi connectivity index (χ1n) is 9.37. The Morgan fingerprint density at radius 3 is 2.21 bits per heavy atom. The fourth-order valence-electron chi connectivity index (χ4n) is 3.95. The van der Waals surface area contributed by atoms with Crippen LogP contribution in [0.25, 0.3) is 0 Å². The summed E-state index contributed by atoms with van der Waals surface area (Å²) in [5, 5.41) is 20.4. The molecule has 2 aliphatic rings. The molecule has 0 aromatic heterocycles. The topological polar surface area (TPSA) is 106 Å². The van der Waals surface area contributed by atoms with Gasteiger partial charge in [0.15, 0.2) is 11.5 Å². The maximum atomic E-state index is 13.2. The van der Waals surface area contributed by atoms with Gasteiger partial charge in [0.1, 0.15) is 11.2 Å².